The molecule has 9 nitrogen and oxygen atoms in total. The highest BCUT2D eigenvalue weighted by Crippen LogP contribution is 2.08. The van der Waals surface area contributed by atoms with Gasteiger partial charge in [-0.3, -0.25) is 9.59 Å². The van der Waals surface area contributed by atoms with Crippen molar-refractivity contribution in [2.45, 2.75) is 19.4 Å². The normalized spacial score (nSPS) is 11.2. The molecule has 0 aromatic rings. The lowest BCUT2D eigenvalue weighted by molar-refractivity contribution is -0.173. The Balaban J connectivity index is 3.73. The van der Waals surface area contributed by atoms with E-state index in [0.29, 0.717) is 5.06 Å². The van der Waals surface area contributed by atoms with E-state index < -0.39 is 23.5 Å². The molecule has 0 unspecified atom stereocenters. The zero-order valence-electron chi connectivity index (χ0n) is 11.7. The first-order valence-corrected chi connectivity index (χ1v) is 5.86. The first kappa shape index (κ1) is 18.3. The van der Waals surface area contributed by atoms with Crippen LogP contribution in [0, 0.1) is 0 Å². The van der Waals surface area contributed by atoms with Crippen molar-refractivity contribution >= 4 is 17.9 Å². The number of esters is 2. The number of carbonyl (C=O) groups excluding carboxylic acids is 2. The largest absolute Gasteiger partial charge is 0.478 e. The van der Waals surface area contributed by atoms with E-state index in [0.717, 1.165) is 0 Å². The Labute approximate surface area is 116 Å². The van der Waals surface area contributed by atoms with Crippen LogP contribution in [0.15, 0.2) is 0 Å². The van der Waals surface area contributed by atoms with Gasteiger partial charge in [0.15, 0.2) is 0 Å². The highest BCUT2D eigenvalue weighted by atomic mass is 16.6. The Kier molecular flexibility index (Phi) is 7.74. The molecule has 0 aromatic carbocycles. The Morgan fingerprint density at radius 2 is 1.85 bits per heavy atom. The van der Waals surface area contributed by atoms with Crippen molar-refractivity contribution in [1.29, 1.82) is 0 Å². The Morgan fingerprint density at radius 3 is 2.35 bits per heavy atom. The van der Waals surface area contributed by atoms with Gasteiger partial charge in [0.25, 0.3) is 0 Å². The van der Waals surface area contributed by atoms with Gasteiger partial charge in [-0.05, 0) is 13.8 Å². The average Bonchev–Trinajstić information content (AvgIpc) is 2.26. The summed E-state index contributed by atoms with van der Waals surface area (Å²) in [7, 11) is 1.31. The van der Waals surface area contributed by atoms with Gasteiger partial charge in [0.2, 0.25) is 5.60 Å². The van der Waals surface area contributed by atoms with Gasteiger partial charge in [-0.15, -0.1) is 0 Å². The summed E-state index contributed by atoms with van der Waals surface area (Å²) >= 11 is 0. The molecule has 0 atom stereocenters. The second-order valence-corrected chi connectivity index (χ2v) is 4.50. The lowest BCUT2D eigenvalue weighted by Crippen LogP contribution is -2.40. The van der Waals surface area contributed by atoms with Gasteiger partial charge >= 0.3 is 17.9 Å². The number of carboxylic acids is 1. The number of hydroxylamine groups is 2. The van der Waals surface area contributed by atoms with Crippen molar-refractivity contribution in [3.8, 4) is 0 Å². The number of hydrogen-bond acceptors (Lipinski definition) is 8. The number of rotatable bonds is 9. The Bertz CT molecular complexity index is 355. The van der Waals surface area contributed by atoms with Gasteiger partial charge in [0.05, 0.1) is 6.54 Å². The van der Waals surface area contributed by atoms with Crippen LogP contribution >= 0.6 is 0 Å². The molecule has 3 N–H and O–H groups in total. The molecule has 0 aliphatic rings. The third kappa shape index (κ3) is 8.40. The lowest BCUT2D eigenvalue weighted by Gasteiger charge is -2.19. The molecule has 9 heteroatoms. The second-order valence-electron chi connectivity index (χ2n) is 4.50. The minimum atomic E-state index is -1.59. The molecular formula is C11H20N2O7. The molecule has 0 rings (SSSR count). The summed E-state index contributed by atoms with van der Waals surface area (Å²) < 4.78 is 9.46. The quantitative estimate of drug-likeness (QED) is 0.274. The summed E-state index contributed by atoms with van der Waals surface area (Å²) in [4.78, 5) is 33.0. The number of nitrogens with zero attached hydrogens (tertiary/aromatic N) is 1. The molecule has 0 saturated carbocycles. The number of nitrogens with one attached hydrogen (secondary N) is 1. The van der Waals surface area contributed by atoms with Crippen molar-refractivity contribution in [1.82, 2.24) is 10.4 Å². The maximum Gasteiger partial charge on any atom is 0.347 e. The highest BCUT2D eigenvalue weighted by Gasteiger charge is 2.31. The molecule has 0 aliphatic carbocycles. The monoisotopic (exact) mass is 292 g/mol. The summed E-state index contributed by atoms with van der Waals surface area (Å²) in [5.41, 5.74) is -1.59. The Morgan fingerprint density at radius 1 is 1.25 bits per heavy atom. The number of carboxylic acid groups (broad SMARTS) is 1. The third-order valence-electron chi connectivity index (χ3n) is 2.05. The van der Waals surface area contributed by atoms with Gasteiger partial charge in [-0.25, -0.2) is 4.79 Å². The standard InChI is InChI=1S/C11H20N2O7/c1-11(2,10(16)17)20-8(14)6-12-4-5-19-9(15)7-13(3)18/h12,18H,4-7H2,1-3H3,(H,16,17). The molecule has 0 amide bonds. The number of aliphatic carboxylic acids is 1. The van der Waals surface area contributed by atoms with Gasteiger partial charge < -0.3 is 25.1 Å². The van der Waals surface area contributed by atoms with Crippen LogP contribution in [0.1, 0.15) is 13.8 Å². The van der Waals surface area contributed by atoms with Crippen molar-refractivity contribution in [3.63, 3.8) is 0 Å². The van der Waals surface area contributed by atoms with Crippen molar-refractivity contribution in [2.24, 2.45) is 0 Å². The maximum absolute atomic E-state index is 11.3. The van der Waals surface area contributed by atoms with E-state index in [1.807, 2.05) is 0 Å². The summed E-state index contributed by atoms with van der Waals surface area (Å²) in [5.74, 6) is -2.57. The first-order valence-electron chi connectivity index (χ1n) is 5.86. The van der Waals surface area contributed by atoms with Gasteiger partial charge in [0.1, 0.15) is 13.2 Å². The number of likely N-dealkylation sites (N-methyl/N-ethyl adjacent to an activating group) is 1. The maximum atomic E-state index is 11.3. The van der Waals surface area contributed by atoms with E-state index in [9.17, 15) is 14.4 Å². The van der Waals surface area contributed by atoms with E-state index in [2.05, 4.69) is 5.32 Å². The second kappa shape index (κ2) is 8.46. The molecular weight excluding hydrogens is 272 g/mol. The molecule has 0 spiro atoms. The van der Waals surface area contributed by atoms with E-state index in [-0.39, 0.29) is 26.2 Å². The van der Waals surface area contributed by atoms with Crippen LogP contribution in [0.25, 0.3) is 0 Å². The van der Waals surface area contributed by atoms with E-state index in [4.69, 9.17) is 19.8 Å². The predicted molar refractivity (Wildman–Crippen MR) is 66.1 cm³/mol. The zero-order valence-corrected chi connectivity index (χ0v) is 11.7. The van der Waals surface area contributed by atoms with Gasteiger partial charge in [-0.1, -0.05) is 0 Å². The predicted octanol–water partition coefficient (Wildman–Crippen LogP) is -1.15. The number of carbonyl (C=O) groups is 3. The molecule has 116 valence electrons. The zero-order chi connectivity index (χ0) is 15.8. The van der Waals surface area contributed by atoms with Crippen LogP contribution in [-0.4, -0.2) is 72.2 Å². The lowest BCUT2D eigenvalue weighted by atomic mass is 10.1. The number of ether oxygens (including phenoxy) is 2. The van der Waals surface area contributed by atoms with Crippen LogP contribution in [0.3, 0.4) is 0 Å². The summed E-state index contributed by atoms with van der Waals surface area (Å²) in [6, 6.07) is 0. The third-order valence-corrected chi connectivity index (χ3v) is 2.05. The first-order chi connectivity index (χ1) is 9.15. The minimum Gasteiger partial charge on any atom is -0.478 e. The molecule has 0 radical (unpaired) electrons. The molecule has 0 saturated heterocycles. The fraction of sp³-hybridized carbons (Fsp3) is 0.727. The van der Waals surface area contributed by atoms with Gasteiger partial charge in [0, 0.05) is 13.6 Å². The van der Waals surface area contributed by atoms with E-state index >= 15 is 0 Å². The average molecular weight is 292 g/mol. The highest BCUT2D eigenvalue weighted by molar-refractivity contribution is 5.81. The molecule has 0 heterocycles. The number of hydrogen-bond donors (Lipinski definition) is 3. The molecule has 20 heavy (non-hydrogen) atoms. The molecule has 0 fully saturated rings. The van der Waals surface area contributed by atoms with Gasteiger partial charge in [-0.2, -0.15) is 5.06 Å². The van der Waals surface area contributed by atoms with Crippen molar-refractivity contribution in [2.75, 3.05) is 33.3 Å². The van der Waals surface area contributed by atoms with Crippen LogP contribution in [0.2, 0.25) is 0 Å². The summed E-state index contributed by atoms with van der Waals surface area (Å²) in [6.07, 6.45) is 0. The minimum absolute atomic E-state index is 0.0161. The van der Waals surface area contributed by atoms with Crippen molar-refractivity contribution in [3.05, 3.63) is 0 Å². The molecule has 0 aliphatic heterocycles. The fourth-order valence-corrected chi connectivity index (χ4v) is 1.02. The summed E-state index contributed by atoms with van der Waals surface area (Å²) in [5, 5.41) is 20.8. The van der Waals surface area contributed by atoms with Crippen molar-refractivity contribution < 1.29 is 34.2 Å². The fourth-order valence-electron chi connectivity index (χ4n) is 1.02. The van der Waals surface area contributed by atoms with E-state index in [1.54, 1.807) is 0 Å². The summed E-state index contributed by atoms with van der Waals surface area (Å²) in [6.45, 7) is 2.29. The topological polar surface area (TPSA) is 125 Å². The van der Waals surface area contributed by atoms with Crippen LogP contribution in [0.5, 0.6) is 0 Å². The van der Waals surface area contributed by atoms with Crippen LogP contribution in [-0.2, 0) is 23.9 Å². The Hall–Kier alpha value is -1.71. The SMILES string of the molecule is CN(O)CC(=O)OCCNCC(=O)OC(C)(C)C(=O)O. The van der Waals surface area contributed by atoms with E-state index in [1.165, 1.54) is 20.9 Å². The van der Waals surface area contributed by atoms with Crippen LogP contribution < -0.4 is 5.32 Å². The molecule has 0 aromatic heterocycles. The smallest absolute Gasteiger partial charge is 0.347 e. The van der Waals surface area contributed by atoms with Crippen LogP contribution in [0.4, 0.5) is 0 Å². The molecule has 0 bridgehead atoms.